The van der Waals surface area contributed by atoms with Crippen LogP contribution >= 0.6 is 0 Å². The first-order valence-electron chi connectivity index (χ1n) is 10.5. The highest BCUT2D eigenvalue weighted by Gasteiger charge is 2.09. The number of imidazole rings is 1. The number of hydrazone groups is 1. The summed E-state index contributed by atoms with van der Waals surface area (Å²) in [5.41, 5.74) is 7.11. The lowest BCUT2D eigenvalue weighted by atomic mass is 10.2. The number of para-hydroxylation sites is 2. The molecule has 0 amide bonds. The Labute approximate surface area is 182 Å². The minimum atomic E-state index is 0.489. The van der Waals surface area contributed by atoms with E-state index in [-0.39, 0.29) is 0 Å². The largest absolute Gasteiger partial charge is 0.490 e. The molecule has 6 nitrogen and oxygen atoms in total. The number of benzene rings is 3. The van der Waals surface area contributed by atoms with Crippen molar-refractivity contribution in [1.29, 1.82) is 0 Å². The van der Waals surface area contributed by atoms with Gasteiger partial charge in [-0.3, -0.25) is 0 Å². The van der Waals surface area contributed by atoms with Crippen LogP contribution in [-0.2, 0) is 13.2 Å². The smallest absolute Gasteiger partial charge is 0.224 e. The van der Waals surface area contributed by atoms with E-state index in [9.17, 15) is 0 Å². The number of fused-ring (bicyclic) bond motifs is 1. The molecular formula is C25H26N4O2. The summed E-state index contributed by atoms with van der Waals surface area (Å²) in [6, 6.07) is 23.9. The quantitative estimate of drug-likeness (QED) is 0.291. The fourth-order valence-corrected chi connectivity index (χ4v) is 3.37. The van der Waals surface area contributed by atoms with Crippen LogP contribution in [0.25, 0.3) is 11.0 Å². The fourth-order valence-electron chi connectivity index (χ4n) is 3.37. The predicted molar refractivity (Wildman–Crippen MR) is 125 cm³/mol. The van der Waals surface area contributed by atoms with Gasteiger partial charge in [-0.2, -0.15) is 5.10 Å². The van der Waals surface area contributed by atoms with Crippen LogP contribution in [0.5, 0.6) is 11.5 Å². The van der Waals surface area contributed by atoms with Crippen molar-refractivity contribution in [1.82, 2.24) is 9.55 Å². The molecule has 158 valence electrons. The van der Waals surface area contributed by atoms with Gasteiger partial charge in [0.2, 0.25) is 5.95 Å². The molecule has 1 aromatic heterocycles. The van der Waals surface area contributed by atoms with E-state index in [4.69, 9.17) is 9.47 Å². The van der Waals surface area contributed by atoms with Crippen molar-refractivity contribution in [3.63, 3.8) is 0 Å². The van der Waals surface area contributed by atoms with Crippen LogP contribution in [0.1, 0.15) is 25.0 Å². The Morgan fingerprint density at radius 2 is 1.74 bits per heavy atom. The zero-order valence-corrected chi connectivity index (χ0v) is 17.8. The van der Waals surface area contributed by atoms with E-state index in [1.165, 1.54) is 0 Å². The number of aromatic nitrogens is 2. The number of hydrogen-bond donors (Lipinski definition) is 1. The monoisotopic (exact) mass is 414 g/mol. The maximum absolute atomic E-state index is 5.97. The summed E-state index contributed by atoms with van der Waals surface area (Å²) in [6.45, 7) is 5.90. The third-order valence-corrected chi connectivity index (χ3v) is 4.85. The molecule has 4 aromatic rings. The Bertz CT molecular complexity index is 1170. The van der Waals surface area contributed by atoms with Gasteiger partial charge in [0.15, 0.2) is 11.5 Å². The van der Waals surface area contributed by atoms with Crippen LogP contribution in [0.4, 0.5) is 5.95 Å². The molecule has 0 spiro atoms. The summed E-state index contributed by atoms with van der Waals surface area (Å²) in [6.07, 6.45) is 1.75. The van der Waals surface area contributed by atoms with Crippen molar-refractivity contribution in [3.8, 4) is 11.5 Å². The number of nitrogens with zero attached hydrogens (tertiary/aromatic N) is 3. The molecule has 1 N–H and O–H groups in total. The zero-order chi connectivity index (χ0) is 21.5. The third-order valence-electron chi connectivity index (χ3n) is 4.85. The standard InChI is InChI=1S/C25H26N4O2/c1-3-29-22-13-9-8-12-21(22)27-25(29)28-26-17-20-14-15-23(24(16-20)30-4-2)31-18-19-10-6-5-7-11-19/h5-17H,3-4,18H2,1-2H3,(H,27,28)/b26-17-. The van der Waals surface area contributed by atoms with Crippen molar-refractivity contribution in [2.75, 3.05) is 12.0 Å². The molecule has 1 heterocycles. The van der Waals surface area contributed by atoms with Gasteiger partial charge < -0.3 is 14.0 Å². The van der Waals surface area contributed by atoms with Crippen molar-refractivity contribution in [2.24, 2.45) is 5.10 Å². The van der Waals surface area contributed by atoms with E-state index in [0.717, 1.165) is 28.7 Å². The topological polar surface area (TPSA) is 60.7 Å². The SMILES string of the molecule is CCOc1cc(/C=N\Nc2nc3ccccc3n2CC)ccc1OCc1ccccc1. The number of aryl methyl sites for hydroxylation is 1. The molecule has 0 fully saturated rings. The molecule has 3 aromatic carbocycles. The molecule has 0 radical (unpaired) electrons. The molecule has 0 atom stereocenters. The minimum Gasteiger partial charge on any atom is -0.490 e. The first-order chi connectivity index (χ1) is 15.3. The number of rotatable bonds is 9. The van der Waals surface area contributed by atoms with E-state index >= 15 is 0 Å². The maximum atomic E-state index is 5.97. The van der Waals surface area contributed by atoms with Crippen LogP contribution < -0.4 is 14.9 Å². The van der Waals surface area contributed by atoms with Crippen LogP contribution in [0.3, 0.4) is 0 Å². The van der Waals surface area contributed by atoms with Crippen LogP contribution in [0, 0.1) is 0 Å². The molecule has 6 heteroatoms. The molecular weight excluding hydrogens is 388 g/mol. The maximum Gasteiger partial charge on any atom is 0.224 e. The fraction of sp³-hybridized carbons (Fsp3) is 0.200. The Morgan fingerprint density at radius 3 is 2.55 bits per heavy atom. The Balaban J connectivity index is 1.48. The number of hydrogen-bond acceptors (Lipinski definition) is 5. The van der Waals surface area contributed by atoms with Gasteiger partial charge in [-0.25, -0.2) is 10.4 Å². The van der Waals surface area contributed by atoms with Crippen molar-refractivity contribution >= 4 is 23.2 Å². The second-order valence-electron chi connectivity index (χ2n) is 6.95. The molecule has 0 saturated carbocycles. The molecule has 0 aliphatic heterocycles. The molecule has 4 rings (SSSR count). The summed E-state index contributed by atoms with van der Waals surface area (Å²) in [5, 5.41) is 4.39. The minimum absolute atomic E-state index is 0.489. The van der Waals surface area contributed by atoms with Gasteiger partial charge in [0.05, 0.1) is 23.9 Å². The van der Waals surface area contributed by atoms with E-state index in [1.54, 1.807) is 6.21 Å². The second kappa shape index (κ2) is 9.80. The first kappa shape index (κ1) is 20.5. The molecule has 0 saturated heterocycles. The van der Waals surface area contributed by atoms with Crippen LogP contribution in [0.15, 0.2) is 77.9 Å². The van der Waals surface area contributed by atoms with Gasteiger partial charge in [0.1, 0.15) is 6.61 Å². The van der Waals surface area contributed by atoms with Crippen molar-refractivity contribution in [2.45, 2.75) is 27.0 Å². The van der Waals surface area contributed by atoms with E-state index < -0.39 is 0 Å². The average molecular weight is 415 g/mol. The number of ether oxygens (including phenoxy) is 2. The van der Waals surface area contributed by atoms with E-state index in [1.807, 2.05) is 73.7 Å². The molecule has 0 unspecified atom stereocenters. The van der Waals surface area contributed by atoms with Gasteiger partial charge in [-0.1, -0.05) is 42.5 Å². The second-order valence-corrected chi connectivity index (χ2v) is 6.95. The first-order valence-corrected chi connectivity index (χ1v) is 10.5. The van der Waals surface area contributed by atoms with Gasteiger partial charge in [-0.15, -0.1) is 0 Å². The molecule has 0 bridgehead atoms. The highest BCUT2D eigenvalue weighted by Crippen LogP contribution is 2.29. The summed E-state index contributed by atoms with van der Waals surface area (Å²) in [5.74, 6) is 2.12. The Kier molecular flexibility index (Phi) is 6.47. The molecule has 31 heavy (non-hydrogen) atoms. The molecule has 0 aliphatic rings. The highest BCUT2D eigenvalue weighted by molar-refractivity contribution is 5.82. The summed E-state index contributed by atoms with van der Waals surface area (Å²) >= 11 is 0. The Morgan fingerprint density at radius 1 is 0.935 bits per heavy atom. The van der Waals surface area contributed by atoms with Gasteiger partial charge in [0.25, 0.3) is 0 Å². The van der Waals surface area contributed by atoms with Crippen molar-refractivity contribution < 1.29 is 9.47 Å². The lowest BCUT2D eigenvalue weighted by molar-refractivity contribution is 0.269. The molecule has 0 aliphatic carbocycles. The third kappa shape index (κ3) is 4.86. The summed E-state index contributed by atoms with van der Waals surface area (Å²) in [7, 11) is 0. The number of nitrogens with one attached hydrogen (secondary N) is 1. The summed E-state index contributed by atoms with van der Waals surface area (Å²) in [4.78, 5) is 4.62. The Hall–Kier alpha value is -3.80. The summed E-state index contributed by atoms with van der Waals surface area (Å²) < 4.78 is 13.8. The predicted octanol–water partition coefficient (Wildman–Crippen LogP) is 5.48. The van der Waals surface area contributed by atoms with Crippen molar-refractivity contribution in [3.05, 3.63) is 83.9 Å². The van der Waals surface area contributed by atoms with Gasteiger partial charge >= 0.3 is 0 Å². The lowest BCUT2D eigenvalue weighted by Crippen LogP contribution is -2.02. The highest BCUT2D eigenvalue weighted by atomic mass is 16.5. The number of anilines is 1. The average Bonchev–Trinajstić information content (AvgIpc) is 3.17. The van der Waals surface area contributed by atoms with Crippen LogP contribution in [-0.4, -0.2) is 22.4 Å². The van der Waals surface area contributed by atoms with Crippen LogP contribution in [0.2, 0.25) is 0 Å². The zero-order valence-electron chi connectivity index (χ0n) is 17.8. The normalized spacial score (nSPS) is 11.2. The van der Waals surface area contributed by atoms with E-state index in [2.05, 4.69) is 33.1 Å². The van der Waals surface area contributed by atoms with Gasteiger partial charge in [-0.05, 0) is 55.3 Å². The van der Waals surface area contributed by atoms with Gasteiger partial charge in [0, 0.05) is 6.54 Å². The van der Waals surface area contributed by atoms with E-state index in [0.29, 0.717) is 30.7 Å². The lowest BCUT2D eigenvalue weighted by Gasteiger charge is -2.12.